The average Bonchev–Trinajstić information content (AvgIpc) is 3.19. The Morgan fingerprint density at radius 1 is 1.00 bits per heavy atom. The number of carbonyl (C=O) groups is 3. The van der Waals surface area contributed by atoms with Crippen molar-refractivity contribution in [3.63, 3.8) is 0 Å². The lowest BCUT2D eigenvalue weighted by Crippen LogP contribution is -2.70. The Hall–Kier alpha value is -2.23. The molecular weight excluding hydrogens is 448 g/mol. The van der Waals surface area contributed by atoms with Gasteiger partial charge < -0.3 is 4.74 Å². The number of rotatable bonds is 9. The van der Waals surface area contributed by atoms with Gasteiger partial charge in [-0.05, 0) is 85.0 Å². The van der Waals surface area contributed by atoms with Crippen LogP contribution in [-0.2, 0) is 19.1 Å². The van der Waals surface area contributed by atoms with Crippen molar-refractivity contribution < 1.29 is 19.1 Å². The second-order valence-corrected chi connectivity index (χ2v) is 12.6. The lowest BCUT2D eigenvalue weighted by molar-refractivity contribution is -0.178. The van der Waals surface area contributed by atoms with E-state index >= 15 is 0 Å². The van der Waals surface area contributed by atoms with E-state index in [0.29, 0.717) is 43.6 Å². The van der Waals surface area contributed by atoms with Gasteiger partial charge in [-0.15, -0.1) is 0 Å². The number of ketones is 3. The molecule has 1 saturated carbocycles. The van der Waals surface area contributed by atoms with Crippen molar-refractivity contribution in [3.05, 3.63) is 46.3 Å². The van der Waals surface area contributed by atoms with Gasteiger partial charge in [0.2, 0.25) is 0 Å². The first-order valence-corrected chi connectivity index (χ1v) is 13.7. The van der Waals surface area contributed by atoms with Gasteiger partial charge in [-0.2, -0.15) is 0 Å². The Morgan fingerprint density at radius 2 is 1.61 bits per heavy atom. The monoisotopic (exact) mass is 494 g/mol. The SMILES string of the molecule is CC(C)=CCC[C@]1(C)[C@@H](CC=C(C)C)C[C@]23CCOC2=C(CC=C(C)C)C(=O)[C@@]1(C(=O)C(C)C)C3=O. The lowest BCUT2D eigenvalue weighted by Gasteiger charge is -2.60. The highest BCUT2D eigenvalue weighted by molar-refractivity contribution is 6.33. The highest BCUT2D eigenvalue weighted by atomic mass is 16.5. The molecule has 1 saturated heterocycles. The topological polar surface area (TPSA) is 60.4 Å². The van der Waals surface area contributed by atoms with Crippen LogP contribution in [0.15, 0.2) is 46.3 Å². The molecule has 1 spiro atoms. The number of hydrogen-bond acceptors (Lipinski definition) is 4. The maximum Gasteiger partial charge on any atom is 0.184 e. The Bertz CT molecular complexity index is 1060. The molecule has 0 aromatic rings. The number of fused-ring (bicyclic) bond motifs is 1. The van der Waals surface area contributed by atoms with E-state index in [1.807, 2.05) is 33.8 Å². The number of ether oxygens (including phenoxy) is 1. The first-order valence-electron chi connectivity index (χ1n) is 13.7. The third-order valence-electron chi connectivity index (χ3n) is 8.86. The standard InChI is InChI=1S/C32H46O4/c1-20(2)11-10-16-30(9)24(14-12-21(3)4)19-31-17-18-36-28(31)25(15-13-22(5)6)27(34)32(30,29(31)35)26(33)23(7)8/h11-13,23-24H,10,14-19H2,1-9H3/t24-,30+,31+,32-/m0/s1. The predicted molar refractivity (Wildman–Crippen MR) is 145 cm³/mol. The molecule has 36 heavy (non-hydrogen) atoms. The summed E-state index contributed by atoms with van der Waals surface area (Å²) in [7, 11) is 0. The normalized spacial score (nSPS) is 31.1. The van der Waals surface area contributed by atoms with Gasteiger partial charge in [0.25, 0.3) is 0 Å². The van der Waals surface area contributed by atoms with E-state index in [2.05, 4.69) is 46.8 Å². The number of hydrogen-bond donors (Lipinski definition) is 0. The summed E-state index contributed by atoms with van der Waals surface area (Å²) in [5.74, 6) is -0.523. The zero-order chi connectivity index (χ0) is 27.1. The van der Waals surface area contributed by atoms with Crippen molar-refractivity contribution in [2.24, 2.45) is 28.1 Å². The summed E-state index contributed by atoms with van der Waals surface area (Å²) in [6.45, 7) is 18.4. The maximum atomic E-state index is 14.8. The van der Waals surface area contributed by atoms with E-state index in [-0.39, 0.29) is 23.3 Å². The number of allylic oxidation sites excluding steroid dienone is 8. The Labute approximate surface area is 218 Å². The molecule has 0 radical (unpaired) electrons. The predicted octanol–water partition coefficient (Wildman–Crippen LogP) is 7.50. The summed E-state index contributed by atoms with van der Waals surface area (Å²) >= 11 is 0. The second kappa shape index (κ2) is 10.3. The summed E-state index contributed by atoms with van der Waals surface area (Å²) in [5, 5.41) is 0. The van der Waals surface area contributed by atoms with Crippen molar-refractivity contribution in [3.8, 4) is 0 Å². The van der Waals surface area contributed by atoms with Crippen LogP contribution in [0.2, 0.25) is 0 Å². The highest BCUT2D eigenvalue weighted by Gasteiger charge is 2.77. The van der Waals surface area contributed by atoms with Crippen LogP contribution in [0.1, 0.15) is 101 Å². The molecule has 198 valence electrons. The second-order valence-electron chi connectivity index (χ2n) is 12.6. The van der Waals surface area contributed by atoms with Gasteiger partial charge in [-0.3, -0.25) is 14.4 Å². The molecule has 4 heteroatoms. The van der Waals surface area contributed by atoms with Gasteiger partial charge in [0, 0.05) is 17.9 Å². The van der Waals surface area contributed by atoms with Gasteiger partial charge in [0.05, 0.1) is 12.0 Å². The van der Waals surface area contributed by atoms with Crippen molar-refractivity contribution >= 4 is 17.3 Å². The summed E-state index contributed by atoms with van der Waals surface area (Å²) in [6, 6.07) is 0. The summed E-state index contributed by atoms with van der Waals surface area (Å²) in [4.78, 5) is 43.9. The molecule has 2 bridgehead atoms. The molecule has 4 nitrogen and oxygen atoms in total. The molecular formula is C32H46O4. The van der Waals surface area contributed by atoms with Crippen LogP contribution in [0, 0.1) is 28.1 Å². The molecule has 1 aliphatic heterocycles. The molecule has 2 fully saturated rings. The molecule has 0 N–H and O–H groups in total. The van der Waals surface area contributed by atoms with E-state index < -0.39 is 22.2 Å². The van der Waals surface area contributed by atoms with Crippen LogP contribution >= 0.6 is 0 Å². The van der Waals surface area contributed by atoms with Crippen molar-refractivity contribution in [1.82, 2.24) is 0 Å². The van der Waals surface area contributed by atoms with Crippen molar-refractivity contribution in [2.45, 2.75) is 101 Å². The summed E-state index contributed by atoms with van der Waals surface area (Å²) in [6.07, 6.45) is 10.1. The Balaban J connectivity index is 2.38. The molecule has 2 aliphatic carbocycles. The molecule has 0 aromatic heterocycles. The minimum absolute atomic E-state index is 0.0176. The molecule has 0 aromatic carbocycles. The first kappa shape index (κ1) is 28.3. The zero-order valence-electron chi connectivity index (χ0n) is 24.0. The van der Waals surface area contributed by atoms with Gasteiger partial charge >= 0.3 is 0 Å². The highest BCUT2D eigenvalue weighted by Crippen LogP contribution is 2.69. The minimum Gasteiger partial charge on any atom is -0.496 e. The van der Waals surface area contributed by atoms with Crippen molar-refractivity contribution in [2.75, 3.05) is 6.61 Å². The van der Waals surface area contributed by atoms with E-state index in [1.54, 1.807) is 0 Å². The quantitative estimate of drug-likeness (QED) is 0.246. The van der Waals surface area contributed by atoms with Gasteiger partial charge in [0.1, 0.15) is 5.76 Å². The maximum absolute atomic E-state index is 14.8. The van der Waals surface area contributed by atoms with E-state index in [4.69, 9.17) is 4.74 Å². The van der Waals surface area contributed by atoms with Crippen LogP contribution in [0.5, 0.6) is 0 Å². The van der Waals surface area contributed by atoms with Gasteiger partial charge in [-0.25, -0.2) is 0 Å². The van der Waals surface area contributed by atoms with E-state index in [0.717, 1.165) is 18.4 Å². The third-order valence-corrected chi connectivity index (χ3v) is 8.86. The van der Waals surface area contributed by atoms with Gasteiger partial charge in [-0.1, -0.05) is 55.7 Å². The fraction of sp³-hybridized carbons (Fsp3) is 0.656. The smallest absolute Gasteiger partial charge is 0.184 e. The molecule has 0 amide bonds. The molecule has 4 atom stereocenters. The summed E-state index contributed by atoms with van der Waals surface area (Å²) in [5.41, 5.74) is 0.734. The Kier molecular flexibility index (Phi) is 8.08. The lowest BCUT2D eigenvalue weighted by atomic mass is 9.38. The largest absolute Gasteiger partial charge is 0.496 e. The summed E-state index contributed by atoms with van der Waals surface area (Å²) < 4.78 is 6.13. The average molecular weight is 495 g/mol. The van der Waals surface area contributed by atoms with E-state index in [1.165, 1.54) is 11.1 Å². The minimum atomic E-state index is -1.67. The molecule has 3 rings (SSSR count). The number of Topliss-reactive ketones (excluding diaryl/α,β-unsaturated/α-hetero) is 3. The third kappa shape index (κ3) is 4.29. The number of carbonyl (C=O) groups excluding carboxylic acids is 3. The zero-order valence-corrected chi connectivity index (χ0v) is 24.0. The van der Waals surface area contributed by atoms with E-state index in [9.17, 15) is 14.4 Å². The molecule has 1 heterocycles. The van der Waals surface area contributed by atoms with Crippen LogP contribution in [-0.4, -0.2) is 24.0 Å². The van der Waals surface area contributed by atoms with Crippen LogP contribution in [0.25, 0.3) is 0 Å². The van der Waals surface area contributed by atoms with Crippen LogP contribution in [0.4, 0.5) is 0 Å². The van der Waals surface area contributed by atoms with Crippen molar-refractivity contribution in [1.29, 1.82) is 0 Å². The molecule has 0 unspecified atom stereocenters. The van der Waals surface area contributed by atoms with Crippen LogP contribution in [0.3, 0.4) is 0 Å². The van der Waals surface area contributed by atoms with Crippen LogP contribution < -0.4 is 0 Å². The van der Waals surface area contributed by atoms with Gasteiger partial charge in [0.15, 0.2) is 22.8 Å². The first-order chi connectivity index (χ1) is 16.8. The fourth-order valence-corrected chi connectivity index (χ4v) is 6.92. The Morgan fingerprint density at radius 3 is 2.17 bits per heavy atom. The molecule has 3 aliphatic rings. The fourth-order valence-electron chi connectivity index (χ4n) is 6.92.